The molecule has 1 aromatic carbocycles. The van der Waals surface area contributed by atoms with Crippen LogP contribution in [0, 0.1) is 0 Å². The van der Waals surface area contributed by atoms with Crippen LogP contribution in [0.15, 0.2) is 43.0 Å². The molecule has 0 amide bonds. The lowest BCUT2D eigenvalue weighted by Gasteiger charge is -2.12. The number of aliphatic hydroxyl groups is 1. The Bertz CT molecular complexity index is 480. The van der Waals surface area contributed by atoms with Gasteiger partial charge in [-0.3, -0.25) is 9.82 Å². The lowest BCUT2D eigenvalue weighted by Crippen LogP contribution is -3.00. The first kappa shape index (κ1) is 15.6. The van der Waals surface area contributed by atoms with Crippen molar-refractivity contribution < 1.29 is 27.2 Å². The summed E-state index contributed by atoms with van der Waals surface area (Å²) in [5.41, 5.74) is 0.681. The Morgan fingerprint density at radius 2 is 2.21 bits per heavy atom. The van der Waals surface area contributed by atoms with Crippen molar-refractivity contribution in [2.24, 2.45) is 0 Å². The molecule has 0 bridgehead atoms. The Kier molecular flexibility index (Phi) is 6.49. The van der Waals surface area contributed by atoms with Crippen LogP contribution in [0.5, 0.6) is 5.75 Å². The van der Waals surface area contributed by atoms with Crippen LogP contribution in [0.2, 0.25) is 0 Å². The molecule has 19 heavy (non-hydrogen) atoms. The summed E-state index contributed by atoms with van der Waals surface area (Å²) in [6.07, 6.45) is 4.82. The zero-order valence-corrected chi connectivity index (χ0v) is 11.6. The highest BCUT2D eigenvalue weighted by molar-refractivity contribution is 6.24. The molecule has 0 aliphatic rings. The number of hydrogen-bond donors (Lipinski definition) is 2. The van der Waals surface area contributed by atoms with Gasteiger partial charge in [0.15, 0.2) is 0 Å². The fourth-order valence-electron chi connectivity index (χ4n) is 1.59. The second-order valence-electron chi connectivity index (χ2n) is 3.86. The number of nitrogens with one attached hydrogen (secondary N) is 2. The van der Waals surface area contributed by atoms with Crippen molar-refractivity contribution in [3.8, 4) is 5.75 Å². The molecule has 3 N–H and O–H groups in total. The summed E-state index contributed by atoms with van der Waals surface area (Å²) in [6.45, 7) is 0.674. The van der Waals surface area contributed by atoms with Crippen molar-refractivity contribution in [1.82, 2.24) is 4.57 Å². The van der Waals surface area contributed by atoms with Gasteiger partial charge in [0.05, 0.1) is 5.69 Å². The van der Waals surface area contributed by atoms with Crippen molar-refractivity contribution in [3.05, 3.63) is 43.0 Å². The highest BCUT2D eigenvalue weighted by Crippen LogP contribution is 2.24. The standard InChI is InChI=1S/C12H14ClN3O2.ClH/c13-15-11-3-1-2-4-12(11)18-8-10(17)7-16-6-5-14-9-16;/h1-6,9-10,15,17H,7-8H2;1H. The Morgan fingerprint density at radius 1 is 1.42 bits per heavy atom. The molecule has 0 fully saturated rings. The smallest absolute Gasteiger partial charge is 0.241 e. The molecule has 0 saturated heterocycles. The minimum atomic E-state index is -0.589. The Morgan fingerprint density at radius 3 is 2.89 bits per heavy atom. The predicted molar refractivity (Wildman–Crippen MR) is 68.4 cm³/mol. The Balaban J connectivity index is 0.00000180. The molecule has 1 aromatic heterocycles. The zero-order valence-electron chi connectivity index (χ0n) is 10.1. The van der Waals surface area contributed by atoms with E-state index in [0.29, 0.717) is 18.0 Å². The van der Waals surface area contributed by atoms with Crippen LogP contribution in [0.4, 0.5) is 5.69 Å². The third kappa shape index (κ3) is 4.63. The number of hydrogen-bond acceptors (Lipinski definition) is 3. The normalized spacial score (nSPS) is 11.5. The molecular weight excluding hydrogens is 289 g/mol. The molecule has 2 rings (SSSR count). The number of para-hydroxylation sites is 2. The molecule has 0 radical (unpaired) electrons. The average molecular weight is 304 g/mol. The van der Waals surface area contributed by atoms with Crippen molar-refractivity contribution in [2.75, 3.05) is 11.4 Å². The molecule has 1 heterocycles. The van der Waals surface area contributed by atoms with E-state index in [4.69, 9.17) is 16.5 Å². The molecule has 0 saturated carbocycles. The van der Waals surface area contributed by atoms with Gasteiger partial charge in [0.1, 0.15) is 37.4 Å². The Labute approximate surface area is 122 Å². The summed E-state index contributed by atoms with van der Waals surface area (Å²) < 4.78 is 7.37. The van der Waals surface area contributed by atoms with E-state index in [1.54, 1.807) is 24.7 Å². The maximum atomic E-state index is 9.83. The zero-order chi connectivity index (χ0) is 12.8. The van der Waals surface area contributed by atoms with Crippen LogP contribution in [-0.2, 0) is 6.54 Å². The summed E-state index contributed by atoms with van der Waals surface area (Å²) in [5.74, 6) is 0.616. The van der Waals surface area contributed by atoms with Gasteiger partial charge in [0.25, 0.3) is 0 Å². The highest BCUT2D eigenvalue weighted by atomic mass is 35.5. The number of nitrogens with zero attached hydrogens (tertiary/aromatic N) is 1. The molecule has 0 aliphatic heterocycles. The van der Waals surface area contributed by atoms with Crippen LogP contribution in [0.1, 0.15) is 0 Å². The molecule has 0 spiro atoms. The van der Waals surface area contributed by atoms with E-state index >= 15 is 0 Å². The number of H-pyrrole nitrogens is 1. The largest absolute Gasteiger partial charge is 1.00 e. The second-order valence-corrected chi connectivity index (χ2v) is 4.05. The van der Waals surface area contributed by atoms with Gasteiger partial charge in [-0.15, -0.1) is 0 Å². The van der Waals surface area contributed by atoms with Crippen LogP contribution >= 0.6 is 11.8 Å². The first-order chi connectivity index (χ1) is 8.79. The maximum Gasteiger partial charge on any atom is 0.241 e. The minimum Gasteiger partial charge on any atom is -1.00 e. The topological polar surface area (TPSA) is 60.6 Å². The van der Waals surface area contributed by atoms with Crippen LogP contribution < -0.4 is 27.0 Å². The number of benzene rings is 1. The van der Waals surface area contributed by atoms with E-state index in [1.807, 2.05) is 22.9 Å². The van der Waals surface area contributed by atoms with E-state index in [2.05, 4.69) is 9.82 Å². The first-order valence-corrected chi connectivity index (χ1v) is 5.96. The predicted octanol–water partition coefficient (Wildman–Crippen LogP) is -1.69. The molecule has 104 valence electrons. The average Bonchev–Trinajstić information content (AvgIpc) is 2.89. The van der Waals surface area contributed by atoms with E-state index in [0.717, 1.165) is 0 Å². The summed E-state index contributed by atoms with van der Waals surface area (Å²) in [6, 6.07) is 7.29. The minimum absolute atomic E-state index is 0. The summed E-state index contributed by atoms with van der Waals surface area (Å²) >= 11 is 5.56. The van der Waals surface area contributed by atoms with Gasteiger partial charge in [0.2, 0.25) is 6.33 Å². The SMILES string of the molecule is OC(COc1ccccc1NCl)Cn1cc[nH+]c1.[Cl-]. The number of aliphatic hydroxyl groups excluding tert-OH is 1. The fraction of sp³-hybridized carbons (Fsp3) is 0.250. The van der Waals surface area contributed by atoms with Gasteiger partial charge >= 0.3 is 0 Å². The molecule has 1 atom stereocenters. The molecule has 1 unspecified atom stereocenters. The number of ether oxygens (including phenoxy) is 1. The molecule has 7 heteroatoms. The van der Waals surface area contributed by atoms with E-state index in [-0.39, 0.29) is 19.0 Å². The quantitative estimate of drug-likeness (QED) is 0.626. The van der Waals surface area contributed by atoms with E-state index in [1.165, 1.54) is 0 Å². The monoisotopic (exact) mass is 303 g/mol. The number of rotatable bonds is 6. The lowest BCUT2D eigenvalue weighted by molar-refractivity contribution is -0.377. The number of anilines is 1. The van der Waals surface area contributed by atoms with Gasteiger partial charge in [0, 0.05) is 11.8 Å². The van der Waals surface area contributed by atoms with Crippen molar-refractivity contribution in [2.45, 2.75) is 12.6 Å². The number of aromatic nitrogens is 2. The number of halogens is 2. The molecular formula is C12H15Cl2N3O2. The van der Waals surface area contributed by atoms with Crippen molar-refractivity contribution in [1.29, 1.82) is 0 Å². The van der Waals surface area contributed by atoms with Gasteiger partial charge in [-0.05, 0) is 12.1 Å². The maximum absolute atomic E-state index is 9.83. The molecule has 5 nitrogen and oxygen atoms in total. The van der Waals surface area contributed by atoms with Gasteiger partial charge < -0.3 is 22.3 Å². The summed E-state index contributed by atoms with van der Waals surface area (Å²) in [4.78, 5) is 5.43. The van der Waals surface area contributed by atoms with E-state index in [9.17, 15) is 5.11 Å². The lowest BCUT2D eigenvalue weighted by atomic mass is 10.3. The van der Waals surface area contributed by atoms with Gasteiger partial charge in [-0.1, -0.05) is 12.1 Å². The van der Waals surface area contributed by atoms with E-state index < -0.39 is 6.10 Å². The third-order valence-electron chi connectivity index (χ3n) is 2.44. The first-order valence-electron chi connectivity index (χ1n) is 5.58. The van der Waals surface area contributed by atoms with Crippen LogP contribution in [0.25, 0.3) is 0 Å². The number of aromatic amines is 1. The van der Waals surface area contributed by atoms with Crippen LogP contribution in [0.3, 0.4) is 0 Å². The van der Waals surface area contributed by atoms with Gasteiger partial charge in [-0.2, -0.15) is 0 Å². The summed E-state index contributed by atoms with van der Waals surface area (Å²) in [5, 5.41) is 9.83. The fourth-order valence-corrected chi connectivity index (χ4v) is 1.74. The molecule has 2 aromatic rings. The summed E-state index contributed by atoms with van der Waals surface area (Å²) in [7, 11) is 0. The van der Waals surface area contributed by atoms with Gasteiger partial charge in [-0.25, -0.2) is 4.57 Å². The molecule has 0 aliphatic carbocycles. The van der Waals surface area contributed by atoms with Crippen LogP contribution in [-0.4, -0.2) is 22.4 Å². The highest BCUT2D eigenvalue weighted by Gasteiger charge is 2.10. The second kappa shape index (κ2) is 7.89. The number of imidazole rings is 1. The Hall–Kier alpha value is -1.43. The van der Waals surface area contributed by atoms with Crippen molar-refractivity contribution in [3.63, 3.8) is 0 Å². The van der Waals surface area contributed by atoms with Crippen molar-refractivity contribution >= 4 is 17.5 Å². The third-order valence-corrected chi connectivity index (χ3v) is 2.65.